The van der Waals surface area contributed by atoms with Gasteiger partial charge >= 0.3 is 0 Å². The highest BCUT2D eigenvalue weighted by Gasteiger charge is 2.34. The summed E-state index contributed by atoms with van der Waals surface area (Å²) in [6.07, 6.45) is 4.44. The summed E-state index contributed by atoms with van der Waals surface area (Å²) in [5, 5.41) is 3.94. The lowest BCUT2D eigenvalue weighted by atomic mass is 10.2. The van der Waals surface area contributed by atoms with Gasteiger partial charge in [-0.25, -0.2) is 0 Å². The van der Waals surface area contributed by atoms with Gasteiger partial charge in [0.1, 0.15) is 6.10 Å². The molecule has 0 amide bonds. The number of hydrogen-bond acceptors (Lipinski definition) is 5. The third-order valence-electron chi connectivity index (χ3n) is 3.09. The van der Waals surface area contributed by atoms with Crippen molar-refractivity contribution < 1.29 is 9.26 Å². The maximum Gasteiger partial charge on any atom is 0.243 e. The highest BCUT2D eigenvalue weighted by molar-refractivity contribution is 5.00. The van der Waals surface area contributed by atoms with Crippen molar-refractivity contribution >= 4 is 0 Å². The standard InChI is InChI=1S/C10H15N3O2/c11-8(6-3-4-6)10-12-9(13-15-10)7-2-1-5-14-7/h6-8H,1-5,11H2. The molecule has 1 aromatic heterocycles. The minimum Gasteiger partial charge on any atom is -0.370 e. The van der Waals surface area contributed by atoms with E-state index in [2.05, 4.69) is 10.1 Å². The van der Waals surface area contributed by atoms with Crippen molar-refractivity contribution in [1.29, 1.82) is 0 Å². The molecule has 2 aliphatic rings. The maximum absolute atomic E-state index is 5.98. The van der Waals surface area contributed by atoms with Crippen molar-refractivity contribution in [2.24, 2.45) is 11.7 Å². The zero-order valence-electron chi connectivity index (χ0n) is 8.56. The molecule has 5 nitrogen and oxygen atoms in total. The van der Waals surface area contributed by atoms with Gasteiger partial charge < -0.3 is 15.0 Å². The van der Waals surface area contributed by atoms with Crippen LogP contribution in [-0.2, 0) is 4.74 Å². The molecule has 2 N–H and O–H groups in total. The van der Waals surface area contributed by atoms with Crippen LogP contribution in [0.25, 0.3) is 0 Å². The van der Waals surface area contributed by atoms with Crippen LogP contribution in [0.15, 0.2) is 4.52 Å². The second kappa shape index (κ2) is 3.57. The Kier molecular flexibility index (Phi) is 2.21. The Morgan fingerprint density at radius 1 is 1.33 bits per heavy atom. The predicted molar refractivity (Wildman–Crippen MR) is 51.9 cm³/mol. The molecule has 2 unspecified atom stereocenters. The topological polar surface area (TPSA) is 74.2 Å². The Morgan fingerprint density at radius 2 is 2.20 bits per heavy atom. The average molecular weight is 209 g/mol. The lowest BCUT2D eigenvalue weighted by molar-refractivity contribution is 0.103. The van der Waals surface area contributed by atoms with Crippen LogP contribution in [0, 0.1) is 5.92 Å². The summed E-state index contributed by atoms with van der Waals surface area (Å²) in [7, 11) is 0. The number of nitrogens with two attached hydrogens (primary N) is 1. The van der Waals surface area contributed by atoms with Crippen molar-refractivity contribution in [2.45, 2.75) is 37.8 Å². The summed E-state index contributed by atoms with van der Waals surface area (Å²) < 4.78 is 10.7. The van der Waals surface area contributed by atoms with Crippen LogP contribution >= 0.6 is 0 Å². The summed E-state index contributed by atoms with van der Waals surface area (Å²) in [6.45, 7) is 0.795. The number of ether oxygens (including phenoxy) is 1. The number of nitrogens with zero attached hydrogens (tertiary/aromatic N) is 2. The summed E-state index contributed by atoms with van der Waals surface area (Å²) in [5.41, 5.74) is 5.98. The second-order valence-corrected chi connectivity index (χ2v) is 4.36. The van der Waals surface area contributed by atoms with E-state index in [1.54, 1.807) is 0 Å². The van der Waals surface area contributed by atoms with Gasteiger partial charge in [0.25, 0.3) is 0 Å². The van der Waals surface area contributed by atoms with Crippen LogP contribution in [-0.4, -0.2) is 16.7 Å². The zero-order valence-corrected chi connectivity index (χ0v) is 8.56. The molecule has 1 aliphatic carbocycles. The molecule has 0 aromatic carbocycles. The largest absolute Gasteiger partial charge is 0.370 e. The van der Waals surface area contributed by atoms with E-state index >= 15 is 0 Å². The van der Waals surface area contributed by atoms with E-state index < -0.39 is 0 Å². The van der Waals surface area contributed by atoms with E-state index in [9.17, 15) is 0 Å². The lowest BCUT2D eigenvalue weighted by Gasteiger charge is -2.03. The van der Waals surface area contributed by atoms with E-state index in [4.69, 9.17) is 15.0 Å². The van der Waals surface area contributed by atoms with Crippen LogP contribution in [0.1, 0.15) is 49.5 Å². The molecule has 82 valence electrons. The Morgan fingerprint density at radius 3 is 2.87 bits per heavy atom. The molecular formula is C10H15N3O2. The molecule has 15 heavy (non-hydrogen) atoms. The number of aromatic nitrogens is 2. The van der Waals surface area contributed by atoms with Crippen molar-refractivity contribution in [1.82, 2.24) is 10.1 Å². The first-order chi connectivity index (χ1) is 7.34. The smallest absolute Gasteiger partial charge is 0.243 e. The van der Waals surface area contributed by atoms with E-state index in [0.717, 1.165) is 19.4 Å². The first kappa shape index (κ1) is 9.30. The highest BCUT2D eigenvalue weighted by atomic mass is 16.5. The zero-order chi connectivity index (χ0) is 10.3. The Labute approximate surface area is 88.0 Å². The third-order valence-corrected chi connectivity index (χ3v) is 3.09. The van der Waals surface area contributed by atoms with Crippen molar-refractivity contribution in [3.63, 3.8) is 0 Å². The lowest BCUT2D eigenvalue weighted by Crippen LogP contribution is -2.13. The van der Waals surface area contributed by atoms with Gasteiger partial charge in [0.05, 0.1) is 6.04 Å². The SMILES string of the molecule is NC(c1nc(C2CCCO2)no1)C1CC1. The van der Waals surface area contributed by atoms with Gasteiger partial charge in [0.2, 0.25) is 11.7 Å². The van der Waals surface area contributed by atoms with Crippen LogP contribution in [0.5, 0.6) is 0 Å². The van der Waals surface area contributed by atoms with Crippen LogP contribution in [0.4, 0.5) is 0 Å². The molecule has 3 rings (SSSR count). The molecule has 1 aromatic rings. The quantitative estimate of drug-likeness (QED) is 0.812. The first-order valence-electron chi connectivity index (χ1n) is 5.55. The molecule has 5 heteroatoms. The predicted octanol–water partition coefficient (Wildman–Crippen LogP) is 1.33. The van der Waals surface area contributed by atoms with Gasteiger partial charge in [-0.3, -0.25) is 0 Å². The monoisotopic (exact) mass is 209 g/mol. The minimum atomic E-state index is -0.0762. The van der Waals surface area contributed by atoms with Gasteiger partial charge in [0.15, 0.2) is 0 Å². The molecule has 1 saturated heterocycles. The fourth-order valence-electron chi connectivity index (χ4n) is 1.95. The summed E-state index contributed by atoms with van der Waals surface area (Å²) >= 11 is 0. The molecule has 0 radical (unpaired) electrons. The van der Waals surface area contributed by atoms with Crippen LogP contribution in [0.3, 0.4) is 0 Å². The third kappa shape index (κ3) is 1.77. The van der Waals surface area contributed by atoms with Gasteiger partial charge in [-0.1, -0.05) is 5.16 Å². The minimum absolute atomic E-state index is 0.0221. The fraction of sp³-hybridized carbons (Fsp3) is 0.800. The number of rotatable bonds is 3. The summed E-state index contributed by atoms with van der Waals surface area (Å²) in [6, 6.07) is -0.0762. The van der Waals surface area contributed by atoms with Crippen molar-refractivity contribution in [2.75, 3.05) is 6.61 Å². The van der Waals surface area contributed by atoms with Gasteiger partial charge in [-0.05, 0) is 31.6 Å². The molecule has 1 saturated carbocycles. The average Bonchev–Trinajstić information content (AvgIpc) is 2.80. The second-order valence-electron chi connectivity index (χ2n) is 4.36. The first-order valence-corrected chi connectivity index (χ1v) is 5.55. The van der Waals surface area contributed by atoms with Crippen LogP contribution in [0.2, 0.25) is 0 Å². The van der Waals surface area contributed by atoms with E-state index in [1.165, 1.54) is 12.8 Å². The van der Waals surface area contributed by atoms with Crippen molar-refractivity contribution in [3.8, 4) is 0 Å². The molecule has 0 spiro atoms. The van der Waals surface area contributed by atoms with Crippen LogP contribution < -0.4 is 5.73 Å². The number of hydrogen-bond donors (Lipinski definition) is 1. The highest BCUT2D eigenvalue weighted by Crippen LogP contribution is 2.39. The van der Waals surface area contributed by atoms with Crippen molar-refractivity contribution in [3.05, 3.63) is 11.7 Å². The summed E-state index contributed by atoms with van der Waals surface area (Å²) in [4.78, 5) is 4.33. The molecule has 1 aliphatic heterocycles. The summed E-state index contributed by atoms with van der Waals surface area (Å²) in [5.74, 6) is 1.78. The fourth-order valence-corrected chi connectivity index (χ4v) is 1.95. The Bertz CT molecular complexity index is 326. The molecule has 0 bridgehead atoms. The molecule has 2 fully saturated rings. The van der Waals surface area contributed by atoms with Gasteiger partial charge in [-0.15, -0.1) is 0 Å². The van der Waals surface area contributed by atoms with Gasteiger partial charge in [-0.2, -0.15) is 4.98 Å². The Hall–Kier alpha value is -0.940. The molecular weight excluding hydrogens is 194 g/mol. The Balaban J connectivity index is 1.74. The maximum atomic E-state index is 5.98. The van der Waals surface area contributed by atoms with E-state index in [1.807, 2.05) is 0 Å². The van der Waals surface area contributed by atoms with E-state index in [0.29, 0.717) is 17.6 Å². The normalized spacial score (nSPS) is 28.2. The molecule has 2 heterocycles. The van der Waals surface area contributed by atoms with Gasteiger partial charge in [0, 0.05) is 6.61 Å². The molecule has 2 atom stereocenters. The van der Waals surface area contributed by atoms with E-state index in [-0.39, 0.29) is 12.1 Å².